The maximum atomic E-state index is 13.5. The van der Waals surface area contributed by atoms with E-state index in [1.165, 1.54) is 13.2 Å². The average Bonchev–Trinajstić information content (AvgIpc) is 2.89. The number of H-pyrrole nitrogens is 1. The van der Waals surface area contributed by atoms with Crippen molar-refractivity contribution in [3.05, 3.63) is 35.4 Å². The van der Waals surface area contributed by atoms with Gasteiger partial charge in [0, 0.05) is 6.04 Å². The molecule has 1 aromatic carbocycles. The summed E-state index contributed by atoms with van der Waals surface area (Å²) >= 11 is 0. The number of ether oxygens (including phenoxy) is 1. The van der Waals surface area contributed by atoms with Crippen LogP contribution in [0.2, 0.25) is 0 Å². The monoisotopic (exact) mass is 251 g/mol. The Morgan fingerprint density at radius 3 is 2.94 bits per heavy atom. The van der Waals surface area contributed by atoms with E-state index in [1.54, 1.807) is 6.07 Å². The molecule has 0 bridgehead atoms. The van der Waals surface area contributed by atoms with Crippen LogP contribution >= 0.6 is 0 Å². The molecule has 96 valence electrons. The molecule has 1 unspecified atom stereocenters. The molecule has 0 radical (unpaired) electrons. The number of benzene rings is 1. The molecule has 0 saturated carbocycles. The quantitative estimate of drug-likeness (QED) is 0.835. The highest BCUT2D eigenvalue weighted by Crippen LogP contribution is 2.21. The van der Waals surface area contributed by atoms with Gasteiger partial charge in [-0.3, -0.25) is 0 Å². The van der Waals surface area contributed by atoms with Crippen molar-refractivity contribution in [2.75, 3.05) is 7.11 Å². The van der Waals surface area contributed by atoms with Gasteiger partial charge in [0.2, 0.25) is 0 Å². The molecule has 18 heavy (non-hydrogen) atoms. The molecule has 2 aromatic rings. The predicted octanol–water partition coefficient (Wildman–Crippen LogP) is 1.20. The first-order chi connectivity index (χ1) is 8.70. The number of halogens is 1. The van der Waals surface area contributed by atoms with Crippen molar-refractivity contribution in [3.8, 4) is 5.75 Å². The Balaban J connectivity index is 2.00. The molecule has 6 nitrogen and oxygen atoms in total. The summed E-state index contributed by atoms with van der Waals surface area (Å²) in [6.45, 7) is 2.40. The number of aromatic amines is 1. The lowest BCUT2D eigenvalue weighted by molar-refractivity contribution is 0.385. The van der Waals surface area contributed by atoms with Crippen LogP contribution in [0.25, 0.3) is 0 Å². The molecule has 0 spiro atoms. The Morgan fingerprint density at radius 1 is 1.50 bits per heavy atom. The Morgan fingerprint density at radius 2 is 2.33 bits per heavy atom. The van der Waals surface area contributed by atoms with E-state index in [4.69, 9.17) is 4.74 Å². The molecule has 1 atom stereocenters. The molecular formula is C11H14FN5O. The van der Waals surface area contributed by atoms with Gasteiger partial charge in [-0.05, 0) is 24.6 Å². The number of aromatic nitrogens is 4. The number of rotatable bonds is 5. The third-order valence-corrected chi connectivity index (χ3v) is 2.63. The minimum absolute atomic E-state index is 0.0242. The third kappa shape index (κ3) is 2.80. The Kier molecular flexibility index (Phi) is 3.83. The second-order valence-electron chi connectivity index (χ2n) is 3.82. The minimum atomic E-state index is -0.372. The highest BCUT2D eigenvalue weighted by Gasteiger charge is 2.10. The van der Waals surface area contributed by atoms with E-state index in [0.29, 0.717) is 12.4 Å². The molecule has 0 aliphatic rings. The van der Waals surface area contributed by atoms with Crippen molar-refractivity contribution >= 4 is 0 Å². The lowest BCUT2D eigenvalue weighted by atomic mass is 10.1. The van der Waals surface area contributed by atoms with Gasteiger partial charge in [-0.2, -0.15) is 5.21 Å². The van der Waals surface area contributed by atoms with E-state index in [0.717, 1.165) is 5.56 Å². The molecule has 2 rings (SSSR count). The summed E-state index contributed by atoms with van der Waals surface area (Å²) in [6, 6.07) is 4.85. The Bertz CT molecular complexity index is 502. The average molecular weight is 251 g/mol. The first-order valence-electron chi connectivity index (χ1n) is 5.50. The topological polar surface area (TPSA) is 75.7 Å². The van der Waals surface area contributed by atoms with E-state index in [9.17, 15) is 4.39 Å². The smallest absolute Gasteiger partial charge is 0.188 e. The van der Waals surface area contributed by atoms with Crippen molar-refractivity contribution in [3.63, 3.8) is 0 Å². The van der Waals surface area contributed by atoms with Gasteiger partial charge in [-0.15, -0.1) is 10.2 Å². The van der Waals surface area contributed by atoms with Crippen molar-refractivity contribution in [2.45, 2.75) is 19.5 Å². The molecule has 0 aliphatic carbocycles. The van der Waals surface area contributed by atoms with Crippen LogP contribution in [0.5, 0.6) is 5.75 Å². The maximum absolute atomic E-state index is 13.5. The molecule has 0 fully saturated rings. The van der Waals surface area contributed by atoms with Gasteiger partial charge in [0.15, 0.2) is 17.4 Å². The lowest BCUT2D eigenvalue weighted by Crippen LogP contribution is -2.19. The maximum Gasteiger partial charge on any atom is 0.188 e. The van der Waals surface area contributed by atoms with Gasteiger partial charge in [0.05, 0.1) is 13.7 Å². The van der Waals surface area contributed by atoms with Crippen molar-refractivity contribution in [1.29, 1.82) is 0 Å². The third-order valence-electron chi connectivity index (χ3n) is 2.63. The van der Waals surface area contributed by atoms with Gasteiger partial charge >= 0.3 is 0 Å². The van der Waals surface area contributed by atoms with Crippen LogP contribution in [0.3, 0.4) is 0 Å². The second kappa shape index (κ2) is 5.54. The lowest BCUT2D eigenvalue weighted by Gasteiger charge is -2.13. The number of tetrazole rings is 1. The summed E-state index contributed by atoms with van der Waals surface area (Å²) in [5.74, 6) is 0.433. The van der Waals surface area contributed by atoms with E-state index in [-0.39, 0.29) is 17.6 Å². The largest absolute Gasteiger partial charge is 0.494 e. The van der Waals surface area contributed by atoms with Gasteiger partial charge in [-0.25, -0.2) is 4.39 Å². The molecule has 0 saturated heterocycles. The van der Waals surface area contributed by atoms with Gasteiger partial charge in [0.1, 0.15) is 0 Å². The standard InChI is InChI=1S/C11H14FN5O/c1-7(13-6-11-14-16-17-15-11)8-3-4-10(18-2)9(12)5-8/h3-5,7,13H,6H2,1-2H3,(H,14,15,16,17). The normalized spacial score (nSPS) is 12.4. The summed E-state index contributed by atoms with van der Waals surface area (Å²) in [4.78, 5) is 0. The van der Waals surface area contributed by atoms with Crippen molar-refractivity contribution in [2.24, 2.45) is 0 Å². The van der Waals surface area contributed by atoms with Crippen LogP contribution in [0.4, 0.5) is 4.39 Å². The number of hydrogen-bond donors (Lipinski definition) is 2. The zero-order chi connectivity index (χ0) is 13.0. The summed E-state index contributed by atoms with van der Waals surface area (Å²) in [5, 5.41) is 16.6. The minimum Gasteiger partial charge on any atom is -0.494 e. The van der Waals surface area contributed by atoms with E-state index < -0.39 is 0 Å². The predicted molar refractivity (Wildman–Crippen MR) is 62.4 cm³/mol. The molecule has 0 aliphatic heterocycles. The zero-order valence-electron chi connectivity index (χ0n) is 10.1. The molecule has 2 N–H and O–H groups in total. The van der Waals surface area contributed by atoms with Gasteiger partial charge in [-0.1, -0.05) is 11.3 Å². The number of nitrogens with zero attached hydrogens (tertiary/aromatic N) is 3. The fourth-order valence-electron chi connectivity index (χ4n) is 1.57. The van der Waals surface area contributed by atoms with E-state index >= 15 is 0 Å². The molecule has 0 amide bonds. The van der Waals surface area contributed by atoms with Crippen LogP contribution in [-0.4, -0.2) is 27.7 Å². The zero-order valence-corrected chi connectivity index (χ0v) is 10.1. The highest BCUT2D eigenvalue weighted by molar-refractivity contribution is 5.30. The first-order valence-corrected chi connectivity index (χ1v) is 5.50. The van der Waals surface area contributed by atoms with E-state index in [1.807, 2.05) is 13.0 Å². The van der Waals surface area contributed by atoms with E-state index in [2.05, 4.69) is 25.9 Å². The summed E-state index contributed by atoms with van der Waals surface area (Å²) in [6.07, 6.45) is 0. The SMILES string of the molecule is COc1ccc(C(C)NCc2nn[nH]n2)cc1F. The Hall–Kier alpha value is -2.02. The first kappa shape index (κ1) is 12.4. The van der Waals surface area contributed by atoms with Crippen LogP contribution in [0, 0.1) is 5.82 Å². The van der Waals surface area contributed by atoms with Crippen LogP contribution in [-0.2, 0) is 6.54 Å². The number of methoxy groups -OCH3 is 1. The summed E-state index contributed by atoms with van der Waals surface area (Å²) in [7, 11) is 1.44. The fourth-order valence-corrected chi connectivity index (χ4v) is 1.57. The number of nitrogens with one attached hydrogen (secondary N) is 2. The summed E-state index contributed by atoms with van der Waals surface area (Å²) < 4.78 is 18.4. The highest BCUT2D eigenvalue weighted by atomic mass is 19.1. The van der Waals surface area contributed by atoms with Crippen molar-refractivity contribution in [1.82, 2.24) is 25.9 Å². The Labute approximate surface area is 104 Å². The molecule has 7 heteroatoms. The second-order valence-corrected chi connectivity index (χ2v) is 3.82. The molecule has 1 heterocycles. The van der Waals surface area contributed by atoms with Crippen LogP contribution in [0.1, 0.15) is 24.4 Å². The summed E-state index contributed by atoms with van der Waals surface area (Å²) in [5.41, 5.74) is 0.830. The molecule has 1 aromatic heterocycles. The number of hydrogen-bond acceptors (Lipinski definition) is 5. The van der Waals surface area contributed by atoms with Crippen LogP contribution < -0.4 is 10.1 Å². The van der Waals surface area contributed by atoms with Crippen LogP contribution in [0.15, 0.2) is 18.2 Å². The van der Waals surface area contributed by atoms with Crippen molar-refractivity contribution < 1.29 is 9.13 Å². The van der Waals surface area contributed by atoms with Gasteiger partial charge < -0.3 is 10.1 Å². The molecular weight excluding hydrogens is 237 g/mol. The fraction of sp³-hybridized carbons (Fsp3) is 0.364. The van der Waals surface area contributed by atoms with Gasteiger partial charge in [0.25, 0.3) is 0 Å².